The molecule has 0 aromatic carbocycles. The molecule has 2 aliphatic rings. The molecule has 0 aromatic rings. The van der Waals surface area contributed by atoms with E-state index in [-0.39, 0.29) is 6.09 Å². The molecule has 1 aliphatic carbocycles. The van der Waals surface area contributed by atoms with Crippen LogP contribution in [0.1, 0.15) is 27.2 Å². The van der Waals surface area contributed by atoms with Crippen molar-refractivity contribution in [3.8, 4) is 0 Å². The topological polar surface area (TPSA) is 41.6 Å². The van der Waals surface area contributed by atoms with E-state index in [9.17, 15) is 4.79 Å². The van der Waals surface area contributed by atoms with Gasteiger partial charge in [0, 0.05) is 13.1 Å². The number of hydrogen-bond acceptors (Lipinski definition) is 3. The number of nitrogens with one attached hydrogen (secondary N) is 1. The number of nitrogens with zero attached hydrogens (tertiary/aromatic N) is 1. The molecule has 4 heteroatoms. The SMILES string of the molecule is CC(C)(C)OC(=O)N1CC2CC2CN1. The molecule has 0 spiro atoms. The predicted octanol–water partition coefficient (Wildman–Crippen LogP) is 1.38. The summed E-state index contributed by atoms with van der Waals surface area (Å²) in [6.07, 6.45) is 1.01. The summed E-state index contributed by atoms with van der Waals surface area (Å²) in [6, 6.07) is 0. The van der Waals surface area contributed by atoms with Gasteiger partial charge in [-0.2, -0.15) is 0 Å². The van der Waals surface area contributed by atoms with E-state index in [0.717, 1.165) is 19.0 Å². The lowest BCUT2D eigenvalue weighted by Gasteiger charge is -2.30. The average molecular weight is 198 g/mol. The number of carbonyl (C=O) groups excluding carboxylic acids is 1. The van der Waals surface area contributed by atoms with Crippen LogP contribution in [-0.4, -0.2) is 29.8 Å². The highest BCUT2D eigenvalue weighted by atomic mass is 16.6. The zero-order valence-corrected chi connectivity index (χ0v) is 9.04. The van der Waals surface area contributed by atoms with E-state index >= 15 is 0 Å². The van der Waals surface area contributed by atoms with Gasteiger partial charge in [0.05, 0.1) is 0 Å². The van der Waals surface area contributed by atoms with Crippen LogP contribution in [0.25, 0.3) is 0 Å². The van der Waals surface area contributed by atoms with Gasteiger partial charge in [0.1, 0.15) is 5.60 Å². The Hall–Kier alpha value is -0.770. The van der Waals surface area contributed by atoms with Crippen LogP contribution >= 0.6 is 0 Å². The number of hydrazine groups is 1. The van der Waals surface area contributed by atoms with Crippen LogP contribution in [-0.2, 0) is 4.74 Å². The molecule has 0 radical (unpaired) electrons. The second kappa shape index (κ2) is 3.12. The Morgan fingerprint density at radius 3 is 2.71 bits per heavy atom. The van der Waals surface area contributed by atoms with E-state index in [1.807, 2.05) is 20.8 Å². The van der Waals surface area contributed by atoms with Gasteiger partial charge in [-0.25, -0.2) is 15.2 Å². The van der Waals surface area contributed by atoms with Gasteiger partial charge in [0.2, 0.25) is 0 Å². The first-order valence-electron chi connectivity index (χ1n) is 5.20. The zero-order chi connectivity index (χ0) is 10.3. The summed E-state index contributed by atoms with van der Waals surface area (Å²) in [5, 5.41) is 1.61. The third kappa shape index (κ3) is 2.18. The van der Waals surface area contributed by atoms with Gasteiger partial charge < -0.3 is 4.74 Å². The Kier molecular flexibility index (Phi) is 2.18. The fraction of sp³-hybridized carbons (Fsp3) is 0.900. The number of carbonyl (C=O) groups is 1. The van der Waals surface area contributed by atoms with Crippen molar-refractivity contribution in [3.63, 3.8) is 0 Å². The molecule has 0 bridgehead atoms. The van der Waals surface area contributed by atoms with E-state index in [2.05, 4.69) is 5.43 Å². The number of rotatable bonds is 0. The molecule has 2 rings (SSSR count). The van der Waals surface area contributed by atoms with Crippen molar-refractivity contribution in [1.29, 1.82) is 0 Å². The minimum atomic E-state index is -0.404. The van der Waals surface area contributed by atoms with E-state index in [1.165, 1.54) is 6.42 Å². The average Bonchev–Trinajstić information content (AvgIpc) is 2.77. The second-order valence-electron chi connectivity index (χ2n) is 5.21. The molecular weight excluding hydrogens is 180 g/mol. The van der Waals surface area contributed by atoms with Gasteiger partial charge in [-0.3, -0.25) is 0 Å². The summed E-state index contributed by atoms with van der Waals surface area (Å²) in [5.74, 6) is 1.51. The van der Waals surface area contributed by atoms with Crippen LogP contribution < -0.4 is 5.43 Å². The van der Waals surface area contributed by atoms with Crippen molar-refractivity contribution in [2.75, 3.05) is 13.1 Å². The van der Waals surface area contributed by atoms with Crippen molar-refractivity contribution < 1.29 is 9.53 Å². The second-order valence-corrected chi connectivity index (χ2v) is 5.21. The lowest BCUT2D eigenvalue weighted by atomic mass is 10.2. The lowest BCUT2D eigenvalue weighted by Crippen LogP contribution is -2.50. The zero-order valence-electron chi connectivity index (χ0n) is 9.04. The molecule has 1 saturated carbocycles. The summed E-state index contributed by atoms with van der Waals surface area (Å²) in [5.41, 5.74) is 2.69. The largest absolute Gasteiger partial charge is 0.443 e. The Morgan fingerprint density at radius 2 is 2.14 bits per heavy atom. The van der Waals surface area contributed by atoms with E-state index in [1.54, 1.807) is 5.01 Å². The Morgan fingerprint density at radius 1 is 1.43 bits per heavy atom. The lowest BCUT2D eigenvalue weighted by molar-refractivity contribution is 0.00782. The molecular formula is C10H18N2O2. The molecule has 2 atom stereocenters. The van der Waals surface area contributed by atoms with Crippen molar-refractivity contribution in [3.05, 3.63) is 0 Å². The van der Waals surface area contributed by atoms with Gasteiger partial charge in [-0.15, -0.1) is 0 Å². The van der Waals surface area contributed by atoms with Gasteiger partial charge in [-0.1, -0.05) is 0 Å². The molecule has 1 amide bonds. The number of hydrogen-bond donors (Lipinski definition) is 1. The minimum absolute atomic E-state index is 0.247. The minimum Gasteiger partial charge on any atom is -0.443 e. The van der Waals surface area contributed by atoms with Crippen LogP contribution in [0, 0.1) is 11.8 Å². The summed E-state index contributed by atoms with van der Waals surface area (Å²) in [7, 11) is 0. The Bertz CT molecular complexity index is 247. The highest BCUT2D eigenvalue weighted by Gasteiger charge is 2.43. The first kappa shape index (κ1) is 9.77. The smallest absolute Gasteiger partial charge is 0.424 e. The quantitative estimate of drug-likeness (QED) is 0.639. The van der Waals surface area contributed by atoms with Crippen LogP contribution in [0.2, 0.25) is 0 Å². The van der Waals surface area contributed by atoms with Crippen molar-refractivity contribution in [1.82, 2.24) is 10.4 Å². The van der Waals surface area contributed by atoms with Gasteiger partial charge >= 0.3 is 6.09 Å². The monoisotopic (exact) mass is 198 g/mol. The maximum atomic E-state index is 11.6. The third-order valence-electron chi connectivity index (χ3n) is 2.64. The first-order chi connectivity index (χ1) is 6.46. The van der Waals surface area contributed by atoms with Gasteiger partial charge in [0.25, 0.3) is 0 Å². The van der Waals surface area contributed by atoms with E-state index in [0.29, 0.717) is 5.92 Å². The van der Waals surface area contributed by atoms with Crippen LogP contribution in [0.15, 0.2) is 0 Å². The van der Waals surface area contributed by atoms with E-state index in [4.69, 9.17) is 4.74 Å². The van der Waals surface area contributed by atoms with Crippen LogP contribution in [0.4, 0.5) is 4.79 Å². The van der Waals surface area contributed by atoms with Gasteiger partial charge in [0.15, 0.2) is 0 Å². The fourth-order valence-corrected chi connectivity index (χ4v) is 1.77. The van der Waals surface area contributed by atoms with Crippen LogP contribution in [0.3, 0.4) is 0 Å². The fourth-order valence-electron chi connectivity index (χ4n) is 1.77. The summed E-state index contributed by atoms with van der Waals surface area (Å²) >= 11 is 0. The molecule has 1 N–H and O–H groups in total. The number of ether oxygens (including phenoxy) is 1. The molecule has 1 saturated heterocycles. The molecule has 2 fully saturated rings. The summed E-state index contributed by atoms with van der Waals surface area (Å²) in [6.45, 7) is 7.38. The Labute approximate surface area is 84.6 Å². The molecule has 0 aromatic heterocycles. The van der Waals surface area contributed by atoms with E-state index < -0.39 is 5.60 Å². The third-order valence-corrected chi connectivity index (χ3v) is 2.64. The molecule has 14 heavy (non-hydrogen) atoms. The van der Waals surface area contributed by atoms with Gasteiger partial charge in [-0.05, 0) is 39.0 Å². The van der Waals surface area contributed by atoms with Crippen molar-refractivity contribution in [2.45, 2.75) is 32.8 Å². The highest BCUT2D eigenvalue weighted by Crippen LogP contribution is 2.40. The maximum Gasteiger partial charge on any atom is 0.424 e. The molecule has 2 unspecified atom stereocenters. The summed E-state index contributed by atoms with van der Waals surface area (Å²) in [4.78, 5) is 11.6. The molecule has 4 nitrogen and oxygen atoms in total. The molecule has 1 aliphatic heterocycles. The predicted molar refractivity (Wildman–Crippen MR) is 52.5 cm³/mol. The highest BCUT2D eigenvalue weighted by molar-refractivity contribution is 5.67. The van der Waals surface area contributed by atoms with Crippen LogP contribution in [0.5, 0.6) is 0 Å². The number of fused-ring (bicyclic) bond motifs is 1. The molecule has 1 heterocycles. The maximum absolute atomic E-state index is 11.6. The van der Waals surface area contributed by atoms with Crippen molar-refractivity contribution >= 4 is 6.09 Å². The Balaban J connectivity index is 1.85. The molecule has 80 valence electrons. The van der Waals surface area contributed by atoms with Crippen molar-refractivity contribution in [2.24, 2.45) is 11.8 Å². The summed E-state index contributed by atoms with van der Waals surface area (Å²) < 4.78 is 5.27. The standard InChI is InChI=1S/C10H18N2O2/c1-10(2,3)14-9(13)12-6-8-4-7(8)5-11-12/h7-8,11H,4-6H2,1-3H3. The first-order valence-corrected chi connectivity index (χ1v) is 5.20. The normalized spacial score (nSPS) is 30.9. The number of amides is 1.